The molecule has 0 saturated carbocycles. The van der Waals surface area contributed by atoms with Crippen LogP contribution in [-0.4, -0.2) is 12.3 Å². The van der Waals surface area contributed by atoms with Crippen molar-refractivity contribution in [2.75, 3.05) is 0 Å². The summed E-state index contributed by atoms with van der Waals surface area (Å²) in [6.07, 6.45) is -2.43. The van der Waals surface area contributed by atoms with Gasteiger partial charge in [-0.3, -0.25) is 0 Å². The highest BCUT2D eigenvalue weighted by Crippen LogP contribution is 1.90. The third kappa shape index (κ3) is 1.71. The first-order chi connectivity index (χ1) is 3.72. The Balaban J connectivity index is 3.68. The van der Waals surface area contributed by atoms with Crippen molar-refractivity contribution < 1.29 is 0 Å². The molecule has 0 aliphatic heterocycles. The fourth-order valence-corrected chi connectivity index (χ4v) is 0.160. The van der Waals surface area contributed by atoms with E-state index >= 15 is 0 Å². The summed E-state index contributed by atoms with van der Waals surface area (Å²) in [6.45, 7) is 0. The zero-order valence-electron chi connectivity index (χ0n) is 4.02. The molecule has 4 N–H and O–H groups in total. The second-order valence-corrected chi connectivity index (χ2v) is 1.20. The lowest BCUT2D eigenvalue weighted by Crippen LogP contribution is -2.40. The summed E-state index contributed by atoms with van der Waals surface area (Å²) in [5.74, 6) is 0. The SMILES string of the molecule is NC(N)C(N=O)N=O. The molecule has 0 amide bonds. The van der Waals surface area contributed by atoms with Gasteiger partial charge in [-0.25, -0.2) is 0 Å². The summed E-state index contributed by atoms with van der Waals surface area (Å²) in [6, 6.07) is 0. The lowest BCUT2D eigenvalue weighted by atomic mass is 10.4. The second kappa shape index (κ2) is 3.16. The third-order valence-corrected chi connectivity index (χ3v) is 0.560. The molecule has 0 aromatic rings. The highest BCUT2D eigenvalue weighted by Gasteiger charge is 2.12. The maximum Gasteiger partial charge on any atom is 0.250 e. The Hall–Kier alpha value is -0.880. The molecule has 0 heterocycles. The standard InChI is InChI=1S/C2H6N4O2/c3-1(4)2(5-7)6-8/h1-2H,3-4H2. The van der Waals surface area contributed by atoms with Gasteiger partial charge in [0.2, 0.25) is 6.17 Å². The number of nitroso groups, excluding NO2 is 2. The van der Waals surface area contributed by atoms with Gasteiger partial charge in [-0.1, -0.05) is 0 Å². The van der Waals surface area contributed by atoms with Gasteiger partial charge in [-0.05, 0) is 10.4 Å². The topological polar surface area (TPSA) is 111 Å². The van der Waals surface area contributed by atoms with Crippen LogP contribution >= 0.6 is 0 Å². The van der Waals surface area contributed by atoms with Crippen LogP contribution < -0.4 is 11.5 Å². The molecule has 0 bridgehead atoms. The van der Waals surface area contributed by atoms with E-state index in [1.165, 1.54) is 0 Å². The predicted molar refractivity (Wildman–Crippen MR) is 27.5 cm³/mol. The summed E-state index contributed by atoms with van der Waals surface area (Å²) < 4.78 is 0. The summed E-state index contributed by atoms with van der Waals surface area (Å²) in [5, 5.41) is 4.45. The van der Waals surface area contributed by atoms with Crippen molar-refractivity contribution in [3.05, 3.63) is 9.81 Å². The molecule has 0 aromatic heterocycles. The van der Waals surface area contributed by atoms with Crippen LogP contribution in [0.4, 0.5) is 0 Å². The van der Waals surface area contributed by atoms with Crippen molar-refractivity contribution in [1.82, 2.24) is 0 Å². The van der Waals surface area contributed by atoms with E-state index in [1.807, 2.05) is 0 Å². The molecule has 0 radical (unpaired) electrons. The van der Waals surface area contributed by atoms with E-state index in [1.54, 1.807) is 0 Å². The number of nitrogens with zero attached hydrogens (tertiary/aromatic N) is 2. The quantitative estimate of drug-likeness (QED) is 0.369. The molecule has 0 spiro atoms. The van der Waals surface area contributed by atoms with Crippen LogP contribution in [0.3, 0.4) is 0 Å². The Morgan fingerprint density at radius 2 is 1.50 bits per heavy atom. The molecule has 6 nitrogen and oxygen atoms in total. The van der Waals surface area contributed by atoms with E-state index in [0.717, 1.165) is 0 Å². The molecule has 6 heteroatoms. The van der Waals surface area contributed by atoms with Gasteiger partial charge in [0.1, 0.15) is 6.17 Å². The first-order valence-corrected chi connectivity index (χ1v) is 1.88. The molecule has 0 rings (SSSR count). The Morgan fingerprint density at radius 1 is 1.12 bits per heavy atom. The normalized spacial score (nSPS) is 10.0. The van der Waals surface area contributed by atoms with Crippen LogP contribution in [0.5, 0.6) is 0 Å². The van der Waals surface area contributed by atoms with Gasteiger partial charge in [-0.15, -0.1) is 9.81 Å². The zero-order chi connectivity index (χ0) is 6.57. The average Bonchev–Trinajstić information content (AvgIpc) is 1.69. The minimum Gasteiger partial charge on any atom is -0.312 e. The van der Waals surface area contributed by atoms with E-state index in [0.29, 0.717) is 0 Å². The van der Waals surface area contributed by atoms with E-state index < -0.39 is 12.3 Å². The minimum atomic E-state index is -1.35. The molecule has 0 fully saturated rings. The molecule has 0 atom stereocenters. The van der Waals surface area contributed by atoms with Crippen LogP contribution in [0.1, 0.15) is 0 Å². The lowest BCUT2D eigenvalue weighted by molar-refractivity contribution is 0.556. The number of hydrogen-bond donors (Lipinski definition) is 2. The molecule has 0 aliphatic rings. The first kappa shape index (κ1) is 7.12. The van der Waals surface area contributed by atoms with E-state index in [9.17, 15) is 9.81 Å². The molecular formula is C2H6N4O2. The Morgan fingerprint density at radius 3 is 1.50 bits per heavy atom. The van der Waals surface area contributed by atoms with Gasteiger partial charge >= 0.3 is 0 Å². The van der Waals surface area contributed by atoms with Crippen molar-refractivity contribution in [3.8, 4) is 0 Å². The number of nitrogens with two attached hydrogens (primary N) is 2. The van der Waals surface area contributed by atoms with Crippen molar-refractivity contribution in [2.45, 2.75) is 12.3 Å². The van der Waals surface area contributed by atoms with Gasteiger partial charge in [0.15, 0.2) is 0 Å². The van der Waals surface area contributed by atoms with E-state index in [-0.39, 0.29) is 0 Å². The van der Waals surface area contributed by atoms with Crippen molar-refractivity contribution in [2.24, 2.45) is 21.8 Å². The lowest BCUT2D eigenvalue weighted by Gasteiger charge is -2.00. The highest BCUT2D eigenvalue weighted by atomic mass is 16.3. The Bertz CT molecular complexity index is 84.0. The average molecular weight is 118 g/mol. The second-order valence-electron chi connectivity index (χ2n) is 1.20. The smallest absolute Gasteiger partial charge is 0.250 e. The largest absolute Gasteiger partial charge is 0.312 e. The predicted octanol–water partition coefficient (Wildman–Crippen LogP) is -0.911. The van der Waals surface area contributed by atoms with E-state index in [2.05, 4.69) is 10.4 Å². The summed E-state index contributed by atoms with van der Waals surface area (Å²) in [4.78, 5) is 18.9. The van der Waals surface area contributed by atoms with Gasteiger partial charge in [0, 0.05) is 0 Å². The number of hydrogen-bond acceptors (Lipinski definition) is 6. The van der Waals surface area contributed by atoms with E-state index in [4.69, 9.17) is 11.5 Å². The summed E-state index contributed by atoms with van der Waals surface area (Å²) >= 11 is 0. The van der Waals surface area contributed by atoms with Crippen LogP contribution in [0.15, 0.2) is 10.4 Å². The van der Waals surface area contributed by atoms with Crippen molar-refractivity contribution in [3.63, 3.8) is 0 Å². The van der Waals surface area contributed by atoms with Gasteiger partial charge in [0.05, 0.1) is 0 Å². The maximum absolute atomic E-state index is 9.47. The Kier molecular flexibility index (Phi) is 2.82. The minimum absolute atomic E-state index is 1.08. The zero-order valence-corrected chi connectivity index (χ0v) is 4.02. The van der Waals surface area contributed by atoms with Crippen LogP contribution in [-0.2, 0) is 0 Å². The monoisotopic (exact) mass is 118 g/mol. The summed E-state index contributed by atoms with van der Waals surface area (Å²) in [7, 11) is 0. The fourth-order valence-electron chi connectivity index (χ4n) is 0.160. The highest BCUT2D eigenvalue weighted by molar-refractivity contribution is 4.69. The summed E-state index contributed by atoms with van der Waals surface area (Å²) in [5.41, 5.74) is 9.70. The van der Waals surface area contributed by atoms with Gasteiger partial charge < -0.3 is 11.5 Å². The molecule has 0 unspecified atom stereocenters. The van der Waals surface area contributed by atoms with Gasteiger partial charge in [0.25, 0.3) is 0 Å². The Labute approximate surface area is 45.2 Å². The fraction of sp³-hybridized carbons (Fsp3) is 1.00. The van der Waals surface area contributed by atoms with Gasteiger partial charge in [-0.2, -0.15) is 0 Å². The molecule has 0 aromatic carbocycles. The molecule has 8 heavy (non-hydrogen) atoms. The number of rotatable bonds is 3. The third-order valence-electron chi connectivity index (χ3n) is 0.560. The van der Waals surface area contributed by atoms with Crippen LogP contribution in [0.25, 0.3) is 0 Å². The maximum atomic E-state index is 9.47. The molecule has 0 aliphatic carbocycles. The van der Waals surface area contributed by atoms with Crippen LogP contribution in [0.2, 0.25) is 0 Å². The molecule has 46 valence electrons. The van der Waals surface area contributed by atoms with Crippen molar-refractivity contribution >= 4 is 0 Å². The van der Waals surface area contributed by atoms with Crippen molar-refractivity contribution in [1.29, 1.82) is 0 Å². The molecular weight excluding hydrogens is 112 g/mol. The first-order valence-electron chi connectivity index (χ1n) is 1.88. The van der Waals surface area contributed by atoms with Crippen LogP contribution in [0, 0.1) is 9.81 Å². The molecule has 0 saturated heterocycles.